The Balaban J connectivity index is 2.14. The van der Waals surface area contributed by atoms with Crippen molar-refractivity contribution in [3.63, 3.8) is 0 Å². The standard InChI is InChI=1S/C24H28N/c1-5-24(6-2)12-14-25-13-11-19-9-7-8-10-20(19)23(25)21-15-17(3)18(4)16-22(21)24/h7-11,13,15-16H,5-6,12,14H2,1-4H3/q+1. The highest BCUT2D eigenvalue weighted by molar-refractivity contribution is 5.94. The van der Waals surface area contributed by atoms with E-state index in [4.69, 9.17) is 0 Å². The van der Waals surface area contributed by atoms with E-state index in [9.17, 15) is 0 Å². The van der Waals surface area contributed by atoms with E-state index < -0.39 is 0 Å². The summed E-state index contributed by atoms with van der Waals surface area (Å²) in [5.74, 6) is 0. The highest BCUT2D eigenvalue weighted by Gasteiger charge is 2.38. The van der Waals surface area contributed by atoms with Crippen LogP contribution in [-0.2, 0) is 12.0 Å². The third-order valence-corrected chi connectivity index (χ3v) is 6.58. The third-order valence-electron chi connectivity index (χ3n) is 6.58. The highest BCUT2D eigenvalue weighted by Crippen LogP contribution is 2.44. The lowest BCUT2D eigenvalue weighted by Crippen LogP contribution is -2.37. The number of fused-ring (bicyclic) bond motifs is 5. The molecule has 0 radical (unpaired) electrons. The van der Waals surface area contributed by atoms with Gasteiger partial charge >= 0.3 is 0 Å². The zero-order valence-electron chi connectivity index (χ0n) is 15.9. The molecule has 1 aliphatic heterocycles. The molecule has 4 rings (SSSR count). The summed E-state index contributed by atoms with van der Waals surface area (Å²) in [5.41, 5.74) is 7.49. The molecule has 1 aromatic heterocycles. The molecule has 128 valence electrons. The summed E-state index contributed by atoms with van der Waals surface area (Å²) < 4.78 is 2.49. The fraction of sp³-hybridized carbons (Fsp3) is 0.375. The molecule has 0 aliphatic carbocycles. The first kappa shape index (κ1) is 16.3. The van der Waals surface area contributed by atoms with Crippen molar-refractivity contribution >= 4 is 10.8 Å². The van der Waals surface area contributed by atoms with Crippen molar-refractivity contribution in [1.29, 1.82) is 0 Å². The van der Waals surface area contributed by atoms with E-state index in [1.54, 1.807) is 5.56 Å². The number of rotatable bonds is 2. The molecule has 0 bridgehead atoms. The molecule has 0 fully saturated rings. The lowest BCUT2D eigenvalue weighted by Gasteiger charge is -2.31. The van der Waals surface area contributed by atoms with Gasteiger partial charge in [-0.05, 0) is 60.9 Å². The van der Waals surface area contributed by atoms with Crippen LogP contribution < -0.4 is 4.57 Å². The van der Waals surface area contributed by atoms with E-state index in [0.717, 1.165) is 6.54 Å². The summed E-state index contributed by atoms with van der Waals surface area (Å²) in [7, 11) is 0. The summed E-state index contributed by atoms with van der Waals surface area (Å²) in [6.07, 6.45) is 5.90. The lowest BCUT2D eigenvalue weighted by atomic mass is 9.71. The van der Waals surface area contributed by atoms with Crippen LogP contribution in [0.1, 0.15) is 49.8 Å². The minimum absolute atomic E-state index is 0.279. The van der Waals surface area contributed by atoms with Gasteiger partial charge in [-0.25, -0.2) is 0 Å². The summed E-state index contributed by atoms with van der Waals surface area (Å²) in [6, 6.07) is 16.0. The fourth-order valence-corrected chi connectivity index (χ4v) is 4.65. The van der Waals surface area contributed by atoms with Crippen LogP contribution in [0.25, 0.3) is 22.0 Å². The Morgan fingerprint density at radius 3 is 2.44 bits per heavy atom. The Kier molecular flexibility index (Phi) is 3.91. The number of hydrogen-bond donors (Lipinski definition) is 0. The van der Waals surface area contributed by atoms with Gasteiger partial charge in [-0.1, -0.05) is 38.1 Å². The Morgan fingerprint density at radius 1 is 0.960 bits per heavy atom. The molecule has 1 nitrogen and oxygen atoms in total. The van der Waals surface area contributed by atoms with Gasteiger partial charge in [-0.15, -0.1) is 0 Å². The first-order valence-electron chi connectivity index (χ1n) is 9.63. The molecule has 1 aliphatic rings. The molecule has 2 heterocycles. The van der Waals surface area contributed by atoms with Gasteiger partial charge in [-0.2, -0.15) is 4.57 Å². The summed E-state index contributed by atoms with van der Waals surface area (Å²) in [4.78, 5) is 0. The molecular weight excluding hydrogens is 302 g/mol. The smallest absolute Gasteiger partial charge is 0.198 e. The SMILES string of the molecule is CCC1(CC)CC[n+]2ccc3ccccc3c2-c2cc(C)c(C)cc21. The van der Waals surface area contributed by atoms with Gasteiger partial charge in [0.25, 0.3) is 0 Å². The molecule has 0 saturated heterocycles. The van der Waals surface area contributed by atoms with Gasteiger partial charge in [-0.3, -0.25) is 0 Å². The molecule has 0 unspecified atom stereocenters. The van der Waals surface area contributed by atoms with E-state index in [2.05, 4.69) is 80.9 Å². The third kappa shape index (κ3) is 2.40. The minimum Gasteiger partial charge on any atom is -0.198 e. The highest BCUT2D eigenvalue weighted by atomic mass is 15.0. The predicted molar refractivity (Wildman–Crippen MR) is 106 cm³/mol. The van der Waals surface area contributed by atoms with Crippen LogP contribution in [0.15, 0.2) is 48.7 Å². The van der Waals surface area contributed by atoms with Crippen LogP contribution in [0, 0.1) is 13.8 Å². The van der Waals surface area contributed by atoms with Crippen LogP contribution in [0.5, 0.6) is 0 Å². The average Bonchev–Trinajstić information content (AvgIpc) is 2.77. The van der Waals surface area contributed by atoms with Gasteiger partial charge in [0.2, 0.25) is 5.69 Å². The molecule has 0 saturated carbocycles. The Morgan fingerprint density at radius 2 is 1.68 bits per heavy atom. The Bertz CT molecular complexity index is 948. The van der Waals surface area contributed by atoms with E-state index in [1.807, 2.05) is 0 Å². The van der Waals surface area contributed by atoms with Crippen molar-refractivity contribution in [2.75, 3.05) is 0 Å². The summed E-state index contributed by atoms with van der Waals surface area (Å²) in [6.45, 7) is 10.3. The first-order chi connectivity index (χ1) is 12.1. The van der Waals surface area contributed by atoms with Crippen LogP contribution in [0.4, 0.5) is 0 Å². The fourth-order valence-electron chi connectivity index (χ4n) is 4.65. The average molecular weight is 330 g/mol. The van der Waals surface area contributed by atoms with Crippen molar-refractivity contribution in [3.05, 3.63) is 65.4 Å². The van der Waals surface area contributed by atoms with Crippen LogP contribution >= 0.6 is 0 Å². The van der Waals surface area contributed by atoms with Gasteiger partial charge in [0, 0.05) is 17.9 Å². The molecule has 25 heavy (non-hydrogen) atoms. The maximum absolute atomic E-state index is 2.49. The molecule has 3 aromatic rings. The van der Waals surface area contributed by atoms with Crippen molar-refractivity contribution in [2.24, 2.45) is 0 Å². The molecule has 0 atom stereocenters. The van der Waals surface area contributed by atoms with Crippen molar-refractivity contribution < 1.29 is 4.57 Å². The second kappa shape index (κ2) is 5.98. The minimum atomic E-state index is 0.279. The molecule has 0 N–H and O–H groups in total. The van der Waals surface area contributed by atoms with E-state index in [-0.39, 0.29) is 5.41 Å². The zero-order valence-corrected chi connectivity index (χ0v) is 15.9. The number of nitrogens with zero attached hydrogens (tertiary/aromatic N) is 1. The van der Waals surface area contributed by atoms with Crippen LogP contribution in [0.2, 0.25) is 0 Å². The predicted octanol–water partition coefficient (Wildman–Crippen LogP) is 5.87. The van der Waals surface area contributed by atoms with Gasteiger partial charge in [0.1, 0.15) is 6.54 Å². The normalized spacial score (nSPS) is 15.5. The van der Waals surface area contributed by atoms with Gasteiger partial charge in [0.15, 0.2) is 6.20 Å². The molecular formula is C24H28N+. The summed E-state index contributed by atoms with van der Waals surface area (Å²) in [5, 5.41) is 2.70. The van der Waals surface area contributed by atoms with Gasteiger partial charge in [0.05, 0.1) is 10.9 Å². The number of aryl methyl sites for hydroxylation is 3. The van der Waals surface area contributed by atoms with Crippen LogP contribution in [-0.4, -0.2) is 0 Å². The number of hydrogen-bond acceptors (Lipinski definition) is 0. The van der Waals surface area contributed by atoms with Crippen LogP contribution in [0.3, 0.4) is 0 Å². The van der Waals surface area contributed by atoms with Crippen molar-refractivity contribution in [3.8, 4) is 11.3 Å². The Hall–Kier alpha value is -2.15. The molecule has 0 amide bonds. The van der Waals surface area contributed by atoms with Gasteiger partial charge < -0.3 is 0 Å². The number of pyridine rings is 1. The number of aromatic nitrogens is 1. The van der Waals surface area contributed by atoms with E-state index >= 15 is 0 Å². The first-order valence-corrected chi connectivity index (χ1v) is 9.63. The molecule has 1 heteroatoms. The number of benzene rings is 2. The topological polar surface area (TPSA) is 3.88 Å². The van der Waals surface area contributed by atoms with E-state index in [1.165, 1.54) is 52.4 Å². The second-order valence-corrected chi connectivity index (χ2v) is 7.66. The Labute approximate surface area is 151 Å². The van der Waals surface area contributed by atoms with Crippen molar-refractivity contribution in [2.45, 2.75) is 58.9 Å². The van der Waals surface area contributed by atoms with E-state index in [0.29, 0.717) is 0 Å². The largest absolute Gasteiger partial charge is 0.220 e. The second-order valence-electron chi connectivity index (χ2n) is 7.66. The quantitative estimate of drug-likeness (QED) is 0.517. The summed E-state index contributed by atoms with van der Waals surface area (Å²) >= 11 is 0. The monoisotopic (exact) mass is 330 g/mol. The maximum atomic E-state index is 2.49. The van der Waals surface area contributed by atoms with Crippen molar-refractivity contribution in [1.82, 2.24) is 0 Å². The maximum Gasteiger partial charge on any atom is 0.220 e. The lowest BCUT2D eigenvalue weighted by molar-refractivity contribution is -0.685. The molecule has 0 spiro atoms. The zero-order chi connectivity index (χ0) is 17.6. The molecule has 2 aromatic carbocycles.